The molecule has 0 radical (unpaired) electrons. The van der Waals surface area contributed by atoms with Gasteiger partial charge in [0, 0.05) is 12.5 Å². The number of imidazole rings is 1. The lowest BCUT2D eigenvalue weighted by molar-refractivity contribution is -0.132. The van der Waals surface area contributed by atoms with E-state index in [0.29, 0.717) is 34.0 Å². The standard InChI is InChI=1S/C23H20N2O4S/c1-4-8-16-11-15(12-19(28-5-2)21(16)29-14(3)26)13-20-22(27)25-18-10-7-6-9-17(18)24-23(25)30-20/h4,6-7,9-13H,1,5,8H2,2-3H3/b20-13-. The van der Waals surface area contributed by atoms with Gasteiger partial charge in [-0.2, -0.15) is 0 Å². The number of fused-ring (bicyclic) bond motifs is 3. The van der Waals surface area contributed by atoms with Crippen LogP contribution in [-0.4, -0.2) is 22.0 Å². The van der Waals surface area contributed by atoms with Crippen molar-refractivity contribution in [1.82, 2.24) is 9.38 Å². The van der Waals surface area contributed by atoms with Gasteiger partial charge in [-0.25, -0.2) is 9.38 Å². The second-order valence-electron chi connectivity index (χ2n) is 6.66. The number of hydrogen-bond acceptors (Lipinski definition) is 6. The molecule has 0 aliphatic heterocycles. The Balaban J connectivity index is 1.90. The Bertz CT molecular complexity index is 1380. The van der Waals surface area contributed by atoms with E-state index in [1.54, 1.807) is 16.5 Å². The summed E-state index contributed by atoms with van der Waals surface area (Å²) in [4.78, 5) is 29.8. The quantitative estimate of drug-likeness (QED) is 0.271. The van der Waals surface area contributed by atoms with Crippen LogP contribution in [-0.2, 0) is 11.2 Å². The molecule has 0 fully saturated rings. The molecule has 152 valence electrons. The third-order valence-corrected chi connectivity index (χ3v) is 5.48. The highest BCUT2D eigenvalue weighted by molar-refractivity contribution is 7.15. The van der Waals surface area contributed by atoms with Crippen molar-refractivity contribution in [2.75, 3.05) is 6.61 Å². The molecule has 0 saturated heterocycles. The van der Waals surface area contributed by atoms with Crippen molar-refractivity contribution in [1.29, 1.82) is 0 Å². The first-order valence-electron chi connectivity index (χ1n) is 9.52. The molecule has 0 aliphatic carbocycles. The van der Waals surface area contributed by atoms with Gasteiger partial charge in [0.1, 0.15) is 0 Å². The van der Waals surface area contributed by atoms with Crippen LogP contribution >= 0.6 is 11.3 Å². The average molecular weight is 420 g/mol. The Morgan fingerprint density at radius 2 is 2.10 bits per heavy atom. The van der Waals surface area contributed by atoms with Gasteiger partial charge in [0.2, 0.25) is 0 Å². The summed E-state index contributed by atoms with van der Waals surface area (Å²) in [5.41, 5.74) is 3.01. The fraction of sp³-hybridized carbons (Fsp3) is 0.174. The van der Waals surface area contributed by atoms with Crippen LogP contribution in [0, 0.1) is 0 Å². The van der Waals surface area contributed by atoms with Crippen LogP contribution < -0.4 is 19.6 Å². The summed E-state index contributed by atoms with van der Waals surface area (Å²) in [6.45, 7) is 7.40. The van der Waals surface area contributed by atoms with E-state index in [4.69, 9.17) is 9.47 Å². The summed E-state index contributed by atoms with van der Waals surface area (Å²) in [7, 11) is 0. The van der Waals surface area contributed by atoms with Gasteiger partial charge in [0.25, 0.3) is 5.56 Å². The maximum Gasteiger partial charge on any atom is 0.308 e. The minimum Gasteiger partial charge on any atom is -0.490 e. The van der Waals surface area contributed by atoms with E-state index in [0.717, 1.165) is 22.2 Å². The van der Waals surface area contributed by atoms with Crippen molar-refractivity contribution in [2.24, 2.45) is 0 Å². The molecule has 7 heteroatoms. The Hall–Kier alpha value is -3.45. The van der Waals surface area contributed by atoms with E-state index >= 15 is 0 Å². The molecule has 4 aromatic rings. The third kappa shape index (κ3) is 3.59. The first kappa shape index (κ1) is 19.8. The number of rotatable bonds is 6. The van der Waals surface area contributed by atoms with Gasteiger partial charge in [-0.05, 0) is 49.2 Å². The maximum absolute atomic E-state index is 13.0. The van der Waals surface area contributed by atoms with Crippen LogP contribution in [0.3, 0.4) is 0 Å². The van der Waals surface area contributed by atoms with Gasteiger partial charge >= 0.3 is 5.97 Å². The predicted octanol–water partition coefficient (Wildman–Crippen LogP) is 3.51. The summed E-state index contributed by atoms with van der Waals surface area (Å²) in [5, 5.41) is 0. The molecule has 0 spiro atoms. The lowest BCUT2D eigenvalue weighted by Gasteiger charge is -2.14. The summed E-state index contributed by atoms with van der Waals surface area (Å²) in [6, 6.07) is 11.2. The van der Waals surface area contributed by atoms with Gasteiger partial charge < -0.3 is 9.47 Å². The van der Waals surface area contributed by atoms with Crippen LogP contribution in [0.1, 0.15) is 25.0 Å². The summed E-state index contributed by atoms with van der Waals surface area (Å²) < 4.78 is 13.3. The van der Waals surface area contributed by atoms with Crippen LogP contribution in [0.15, 0.2) is 53.8 Å². The van der Waals surface area contributed by atoms with Gasteiger partial charge in [0.15, 0.2) is 16.5 Å². The fourth-order valence-electron chi connectivity index (χ4n) is 3.36. The number of ether oxygens (including phenoxy) is 2. The first-order valence-corrected chi connectivity index (χ1v) is 10.3. The molecule has 30 heavy (non-hydrogen) atoms. The SMILES string of the molecule is C=CCc1cc(/C=c2\sc3nc4ccccc4n3c2=O)cc(OCC)c1OC(C)=O. The van der Waals surface area contributed by atoms with Gasteiger partial charge in [0.05, 0.1) is 22.2 Å². The van der Waals surface area contributed by atoms with Gasteiger partial charge in [-0.1, -0.05) is 29.5 Å². The predicted molar refractivity (Wildman–Crippen MR) is 118 cm³/mol. The Labute approximate surface area is 176 Å². The van der Waals surface area contributed by atoms with Crippen molar-refractivity contribution < 1.29 is 14.3 Å². The largest absolute Gasteiger partial charge is 0.490 e. The number of allylic oxidation sites excluding steroid dienone is 1. The Kier molecular flexibility index (Phi) is 5.37. The number of para-hydroxylation sites is 2. The summed E-state index contributed by atoms with van der Waals surface area (Å²) in [5.74, 6) is 0.416. The highest BCUT2D eigenvalue weighted by Crippen LogP contribution is 2.34. The number of hydrogen-bond donors (Lipinski definition) is 0. The average Bonchev–Trinajstić information content (AvgIpc) is 3.21. The molecule has 4 rings (SSSR count). The lowest BCUT2D eigenvalue weighted by atomic mass is 10.1. The molecular formula is C23H20N2O4S. The fourth-order valence-corrected chi connectivity index (χ4v) is 4.35. The van der Waals surface area contributed by atoms with E-state index in [1.807, 2.05) is 43.3 Å². The van der Waals surface area contributed by atoms with Crippen molar-refractivity contribution >= 4 is 39.4 Å². The van der Waals surface area contributed by atoms with Crippen molar-refractivity contribution in [2.45, 2.75) is 20.3 Å². The van der Waals surface area contributed by atoms with Gasteiger partial charge in [-0.3, -0.25) is 9.59 Å². The number of carbonyl (C=O) groups is 1. The minimum atomic E-state index is -0.425. The zero-order valence-electron chi connectivity index (χ0n) is 16.7. The van der Waals surface area contributed by atoms with Crippen LogP contribution in [0.4, 0.5) is 0 Å². The van der Waals surface area contributed by atoms with E-state index < -0.39 is 5.97 Å². The number of benzene rings is 2. The van der Waals surface area contributed by atoms with Crippen LogP contribution in [0.25, 0.3) is 22.1 Å². The molecule has 2 heterocycles. The highest BCUT2D eigenvalue weighted by atomic mass is 32.1. The molecule has 0 saturated carbocycles. The zero-order chi connectivity index (χ0) is 21.3. The Morgan fingerprint density at radius 1 is 1.30 bits per heavy atom. The number of esters is 1. The van der Waals surface area contributed by atoms with Crippen molar-refractivity contribution in [3.8, 4) is 11.5 Å². The van der Waals surface area contributed by atoms with E-state index in [1.165, 1.54) is 18.3 Å². The van der Waals surface area contributed by atoms with E-state index in [-0.39, 0.29) is 5.56 Å². The van der Waals surface area contributed by atoms with Crippen molar-refractivity contribution in [3.63, 3.8) is 0 Å². The number of aromatic nitrogens is 2. The van der Waals surface area contributed by atoms with E-state index in [2.05, 4.69) is 11.6 Å². The number of thiazole rings is 1. The lowest BCUT2D eigenvalue weighted by Crippen LogP contribution is -2.22. The summed E-state index contributed by atoms with van der Waals surface area (Å²) >= 11 is 1.34. The molecule has 0 atom stereocenters. The van der Waals surface area contributed by atoms with Crippen LogP contribution in [0.2, 0.25) is 0 Å². The van der Waals surface area contributed by atoms with Gasteiger partial charge in [-0.15, -0.1) is 6.58 Å². The number of carbonyl (C=O) groups excluding carboxylic acids is 1. The normalized spacial score (nSPS) is 11.9. The third-order valence-electron chi connectivity index (χ3n) is 4.51. The van der Waals surface area contributed by atoms with Crippen LogP contribution in [0.5, 0.6) is 11.5 Å². The molecule has 0 bridgehead atoms. The first-order chi connectivity index (χ1) is 14.5. The summed E-state index contributed by atoms with van der Waals surface area (Å²) in [6.07, 6.45) is 4.03. The molecule has 0 unspecified atom stereocenters. The molecule has 0 aliphatic rings. The maximum atomic E-state index is 13.0. The second kappa shape index (κ2) is 8.12. The molecule has 2 aromatic heterocycles. The van der Waals surface area contributed by atoms with E-state index in [9.17, 15) is 9.59 Å². The molecule has 0 N–H and O–H groups in total. The Morgan fingerprint density at radius 3 is 2.83 bits per heavy atom. The monoisotopic (exact) mass is 420 g/mol. The highest BCUT2D eigenvalue weighted by Gasteiger charge is 2.16. The smallest absolute Gasteiger partial charge is 0.308 e. The molecule has 6 nitrogen and oxygen atoms in total. The topological polar surface area (TPSA) is 69.9 Å². The zero-order valence-corrected chi connectivity index (χ0v) is 17.5. The molecule has 2 aromatic carbocycles. The number of nitrogens with zero attached hydrogens (tertiary/aromatic N) is 2. The molecule has 0 amide bonds. The van der Waals surface area contributed by atoms with Crippen molar-refractivity contribution in [3.05, 3.63) is 75.1 Å². The molecular weight excluding hydrogens is 400 g/mol. The minimum absolute atomic E-state index is 0.115. The second-order valence-corrected chi connectivity index (χ2v) is 7.67.